The molecule has 1 saturated carbocycles. The highest BCUT2D eigenvalue weighted by Crippen LogP contribution is 2.20. The summed E-state index contributed by atoms with van der Waals surface area (Å²) in [6, 6.07) is 11.3. The number of benzene rings is 1. The molecular formula is C21H28N4O. The van der Waals surface area contributed by atoms with Gasteiger partial charge in [-0.15, -0.1) is 0 Å². The molecule has 2 heterocycles. The molecule has 0 unspecified atom stereocenters. The Hall–Kier alpha value is -2.14. The second-order valence-corrected chi connectivity index (χ2v) is 7.68. The molecule has 1 N–H and O–H groups in total. The monoisotopic (exact) mass is 352 g/mol. The van der Waals surface area contributed by atoms with Gasteiger partial charge in [0, 0.05) is 45.1 Å². The van der Waals surface area contributed by atoms with Crippen LogP contribution in [0.4, 0.5) is 0 Å². The Morgan fingerprint density at radius 2 is 2.12 bits per heavy atom. The Morgan fingerprint density at radius 1 is 1.27 bits per heavy atom. The average Bonchev–Trinajstić information content (AvgIpc) is 3.38. The molecule has 5 nitrogen and oxygen atoms in total. The van der Waals surface area contributed by atoms with Crippen molar-refractivity contribution in [2.24, 2.45) is 0 Å². The molecular weight excluding hydrogens is 324 g/mol. The first kappa shape index (κ1) is 17.3. The van der Waals surface area contributed by atoms with E-state index in [0.29, 0.717) is 12.5 Å². The maximum absolute atomic E-state index is 11.9. The lowest BCUT2D eigenvalue weighted by atomic mass is 10.1. The predicted octanol–water partition coefficient (Wildman–Crippen LogP) is 2.81. The molecule has 0 saturated heterocycles. The summed E-state index contributed by atoms with van der Waals surface area (Å²) in [6.45, 7) is 6.15. The van der Waals surface area contributed by atoms with Crippen LogP contribution in [0.25, 0.3) is 0 Å². The minimum atomic E-state index is 0.164. The van der Waals surface area contributed by atoms with Crippen LogP contribution in [0.3, 0.4) is 0 Å². The topological polar surface area (TPSA) is 50.2 Å². The quantitative estimate of drug-likeness (QED) is 0.870. The van der Waals surface area contributed by atoms with E-state index in [-0.39, 0.29) is 5.91 Å². The van der Waals surface area contributed by atoms with E-state index in [4.69, 9.17) is 5.10 Å². The number of aryl methyl sites for hydroxylation is 3. The molecule has 1 aliphatic heterocycles. The number of hydrogen-bond acceptors (Lipinski definition) is 3. The number of nitrogens with zero attached hydrogens (tertiary/aromatic N) is 3. The lowest BCUT2D eigenvalue weighted by Crippen LogP contribution is -2.25. The first-order valence-corrected chi connectivity index (χ1v) is 9.79. The van der Waals surface area contributed by atoms with Crippen LogP contribution in [0.5, 0.6) is 0 Å². The summed E-state index contributed by atoms with van der Waals surface area (Å²) < 4.78 is 2.14. The smallest absolute Gasteiger partial charge is 0.220 e. The number of carbonyl (C=O) groups excluding carboxylic acids is 1. The Bertz CT molecular complexity index is 778. The van der Waals surface area contributed by atoms with Crippen molar-refractivity contribution in [2.45, 2.75) is 64.7 Å². The zero-order valence-corrected chi connectivity index (χ0v) is 15.6. The van der Waals surface area contributed by atoms with Gasteiger partial charge in [-0.05, 0) is 43.4 Å². The summed E-state index contributed by atoms with van der Waals surface area (Å²) in [5.41, 5.74) is 5.07. The molecule has 1 fully saturated rings. The zero-order valence-electron chi connectivity index (χ0n) is 15.6. The molecule has 2 aliphatic rings. The zero-order chi connectivity index (χ0) is 17.9. The molecule has 0 bridgehead atoms. The molecule has 0 radical (unpaired) electrons. The van der Waals surface area contributed by atoms with E-state index >= 15 is 0 Å². The molecule has 138 valence electrons. The third kappa shape index (κ3) is 4.33. The first-order chi connectivity index (χ1) is 12.7. The molecule has 0 spiro atoms. The number of nitrogens with one attached hydrogen (secondary N) is 1. The maximum Gasteiger partial charge on any atom is 0.220 e. The Morgan fingerprint density at radius 3 is 2.92 bits per heavy atom. The number of amides is 1. The second kappa shape index (κ2) is 7.62. The summed E-state index contributed by atoms with van der Waals surface area (Å²) in [6.07, 6.45) is 4.67. The van der Waals surface area contributed by atoms with E-state index in [2.05, 4.69) is 52.2 Å². The molecule has 1 aromatic carbocycles. The first-order valence-electron chi connectivity index (χ1n) is 9.79. The minimum Gasteiger partial charge on any atom is -0.353 e. The SMILES string of the molecule is Cc1ccccc1CN1CCCn2nc(CCC(=O)NC3CC3)cc2C1. The lowest BCUT2D eigenvalue weighted by molar-refractivity contribution is -0.121. The summed E-state index contributed by atoms with van der Waals surface area (Å²) in [7, 11) is 0. The summed E-state index contributed by atoms with van der Waals surface area (Å²) in [4.78, 5) is 14.4. The van der Waals surface area contributed by atoms with Crippen molar-refractivity contribution in [3.63, 3.8) is 0 Å². The van der Waals surface area contributed by atoms with E-state index in [0.717, 1.165) is 57.6 Å². The van der Waals surface area contributed by atoms with E-state index in [1.54, 1.807) is 0 Å². The van der Waals surface area contributed by atoms with E-state index in [9.17, 15) is 4.79 Å². The number of aromatic nitrogens is 2. The standard InChI is InChI=1S/C21H28N4O/c1-16-5-2-3-6-17(16)14-24-11-4-12-25-20(15-24)13-19(23-25)9-10-21(26)22-18-7-8-18/h2-3,5-6,13,18H,4,7-12,14-15H2,1H3,(H,22,26). The highest BCUT2D eigenvalue weighted by Gasteiger charge is 2.23. The Balaban J connectivity index is 1.37. The van der Waals surface area contributed by atoms with Crippen LogP contribution in [0.2, 0.25) is 0 Å². The van der Waals surface area contributed by atoms with Crippen molar-refractivity contribution in [3.8, 4) is 0 Å². The van der Waals surface area contributed by atoms with Gasteiger partial charge >= 0.3 is 0 Å². The van der Waals surface area contributed by atoms with Crippen molar-refractivity contribution >= 4 is 5.91 Å². The van der Waals surface area contributed by atoms with Gasteiger partial charge in [-0.2, -0.15) is 5.10 Å². The largest absolute Gasteiger partial charge is 0.353 e. The lowest BCUT2D eigenvalue weighted by Gasteiger charge is -2.20. The van der Waals surface area contributed by atoms with Crippen molar-refractivity contribution in [1.29, 1.82) is 0 Å². The molecule has 4 rings (SSSR count). The van der Waals surface area contributed by atoms with Gasteiger partial charge in [0.1, 0.15) is 0 Å². The fraction of sp³-hybridized carbons (Fsp3) is 0.524. The summed E-state index contributed by atoms with van der Waals surface area (Å²) >= 11 is 0. The second-order valence-electron chi connectivity index (χ2n) is 7.68. The molecule has 1 amide bonds. The predicted molar refractivity (Wildman–Crippen MR) is 102 cm³/mol. The van der Waals surface area contributed by atoms with E-state index in [1.165, 1.54) is 16.8 Å². The van der Waals surface area contributed by atoms with Crippen LogP contribution >= 0.6 is 0 Å². The summed E-state index contributed by atoms with van der Waals surface area (Å²) in [5, 5.41) is 7.80. The van der Waals surface area contributed by atoms with Crippen LogP contribution < -0.4 is 5.32 Å². The average molecular weight is 352 g/mol. The number of carbonyl (C=O) groups is 1. The number of fused-ring (bicyclic) bond motifs is 1. The van der Waals surface area contributed by atoms with Crippen LogP contribution in [-0.4, -0.2) is 33.2 Å². The third-order valence-corrected chi connectivity index (χ3v) is 5.35. The fourth-order valence-corrected chi connectivity index (χ4v) is 3.64. The van der Waals surface area contributed by atoms with Crippen molar-refractivity contribution < 1.29 is 4.79 Å². The fourth-order valence-electron chi connectivity index (χ4n) is 3.64. The van der Waals surface area contributed by atoms with E-state index in [1.807, 2.05) is 0 Å². The van der Waals surface area contributed by atoms with Crippen LogP contribution in [0.1, 0.15) is 48.2 Å². The van der Waals surface area contributed by atoms with Gasteiger partial charge in [-0.3, -0.25) is 14.4 Å². The van der Waals surface area contributed by atoms with Gasteiger partial charge in [0.25, 0.3) is 0 Å². The van der Waals surface area contributed by atoms with Gasteiger partial charge < -0.3 is 5.32 Å². The summed E-state index contributed by atoms with van der Waals surface area (Å²) in [5.74, 6) is 0.164. The van der Waals surface area contributed by atoms with Gasteiger partial charge in [-0.25, -0.2) is 0 Å². The maximum atomic E-state index is 11.9. The molecule has 2 aromatic rings. The van der Waals surface area contributed by atoms with Crippen LogP contribution in [-0.2, 0) is 30.8 Å². The van der Waals surface area contributed by atoms with Gasteiger partial charge in [0.15, 0.2) is 0 Å². The minimum absolute atomic E-state index is 0.164. The molecule has 5 heteroatoms. The number of rotatable bonds is 6. The van der Waals surface area contributed by atoms with Crippen molar-refractivity contribution in [3.05, 3.63) is 52.8 Å². The Kier molecular flexibility index (Phi) is 5.07. The number of hydrogen-bond donors (Lipinski definition) is 1. The van der Waals surface area contributed by atoms with E-state index < -0.39 is 0 Å². The molecule has 1 aromatic heterocycles. The highest BCUT2D eigenvalue weighted by atomic mass is 16.1. The van der Waals surface area contributed by atoms with Crippen molar-refractivity contribution in [2.75, 3.05) is 6.54 Å². The normalized spacial score (nSPS) is 17.6. The third-order valence-electron chi connectivity index (χ3n) is 5.35. The Labute approximate surface area is 155 Å². The van der Waals surface area contributed by atoms with Gasteiger partial charge in [0.2, 0.25) is 5.91 Å². The van der Waals surface area contributed by atoms with Gasteiger partial charge in [0.05, 0.1) is 11.4 Å². The molecule has 1 aliphatic carbocycles. The molecule has 0 atom stereocenters. The highest BCUT2D eigenvalue weighted by molar-refractivity contribution is 5.76. The van der Waals surface area contributed by atoms with Crippen LogP contribution in [0, 0.1) is 6.92 Å². The van der Waals surface area contributed by atoms with Gasteiger partial charge in [-0.1, -0.05) is 24.3 Å². The van der Waals surface area contributed by atoms with Crippen LogP contribution in [0.15, 0.2) is 30.3 Å². The molecule has 26 heavy (non-hydrogen) atoms. The van der Waals surface area contributed by atoms with Crippen molar-refractivity contribution in [1.82, 2.24) is 20.0 Å².